The van der Waals surface area contributed by atoms with Crippen LogP contribution in [-0.4, -0.2) is 46.9 Å². The Morgan fingerprint density at radius 1 is 1.36 bits per heavy atom. The van der Waals surface area contributed by atoms with Gasteiger partial charge in [0.05, 0.1) is 11.8 Å². The molecule has 7 heteroatoms. The van der Waals surface area contributed by atoms with Crippen LogP contribution in [0.3, 0.4) is 0 Å². The maximum absolute atomic E-state index is 12.0. The summed E-state index contributed by atoms with van der Waals surface area (Å²) in [4.78, 5) is 36.4. The van der Waals surface area contributed by atoms with Crippen LogP contribution in [-0.2, 0) is 23.9 Å². The number of esters is 1. The van der Waals surface area contributed by atoms with E-state index in [9.17, 15) is 14.4 Å². The average Bonchev–Trinajstić information content (AvgIpc) is 2.40. The molecule has 22 heavy (non-hydrogen) atoms. The van der Waals surface area contributed by atoms with Gasteiger partial charge in [0, 0.05) is 23.7 Å². The van der Waals surface area contributed by atoms with Gasteiger partial charge < -0.3 is 9.47 Å². The number of carbonyl (C=O) groups excluding carboxylic acids is 3. The van der Waals surface area contributed by atoms with Gasteiger partial charge in [-0.25, -0.2) is 0 Å². The van der Waals surface area contributed by atoms with Crippen molar-refractivity contribution in [3.05, 3.63) is 11.5 Å². The Balaban J connectivity index is 2.13. The number of fused-ring (bicyclic) bond motifs is 1. The quantitative estimate of drug-likeness (QED) is 0.565. The Morgan fingerprint density at radius 3 is 2.59 bits per heavy atom. The molecule has 122 valence electrons. The fourth-order valence-electron chi connectivity index (χ4n) is 2.01. The van der Waals surface area contributed by atoms with Crippen molar-refractivity contribution >= 4 is 29.4 Å². The molecule has 1 atom stereocenters. The normalized spacial score (nSPS) is 21.2. The molecule has 0 spiro atoms. The van der Waals surface area contributed by atoms with Crippen molar-refractivity contribution in [3.63, 3.8) is 0 Å². The van der Waals surface area contributed by atoms with Gasteiger partial charge >= 0.3 is 5.97 Å². The number of hydrogen-bond donors (Lipinski definition) is 0. The van der Waals surface area contributed by atoms with Crippen LogP contribution < -0.4 is 0 Å². The third kappa shape index (κ3) is 3.63. The number of ether oxygens (including phenoxy) is 2. The molecular weight excluding hydrogens is 306 g/mol. The fraction of sp³-hybridized carbons (Fsp3) is 0.667. The standard InChI is InChI=1S/C15H21NO5S/c1-9(17)20-6-10-8-22-13-5-12(19)16(13)14(10)21-7-11(18)15(2,3)4/h13H,5-8H2,1-4H3/t13-/m0/s1. The van der Waals surface area contributed by atoms with Gasteiger partial charge in [-0.2, -0.15) is 0 Å². The lowest BCUT2D eigenvalue weighted by Gasteiger charge is -2.44. The molecule has 0 aromatic carbocycles. The molecule has 2 aliphatic rings. The van der Waals surface area contributed by atoms with Gasteiger partial charge in [-0.15, -0.1) is 11.8 Å². The van der Waals surface area contributed by atoms with Crippen molar-refractivity contribution in [2.24, 2.45) is 5.41 Å². The fourth-order valence-corrected chi connectivity index (χ4v) is 3.23. The van der Waals surface area contributed by atoms with E-state index in [1.54, 1.807) is 16.7 Å². The van der Waals surface area contributed by atoms with Crippen LogP contribution in [0, 0.1) is 5.41 Å². The molecule has 0 unspecified atom stereocenters. The highest BCUT2D eigenvalue weighted by molar-refractivity contribution is 8.00. The first-order chi connectivity index (χ1) is 10.2. The number of β-lactam (4-membered cyclic amide) rings is 1. The van der Waals surface area contributed by atoms with E-state index in [1.165, 1.54) is 6.92 Å². The van der Waals surface area contributed by atoms with E-state index in [1.807, 2.05) is 20.8 Å². The van der Waals surface area contributed by atoms with Gasteiger partial charge in [0.15, 0.2) is 5.78 Å². The van der Waals surface area contributed by atoms with Crippen molar-refractivity contribution in [2.75, 3.05) is 19.0 Å². The molecule has 1 saturated heterocycles. The zero-order valence-electron chi connectivity index (χ0n) is 13.3. The molecule has 0 bridgehead atoms. The molecule has 2 aliphatic heterocycles. The van der Waals surface area contributed by atoms with Crippen molar-refractivity contribution in [1.82, 2.24) is 4.90 Å². The molecule has 0 aliphatic carbocycles. The lowest BCUT2D eigenvalue weighted by molar-refractivity contribution is -0.145. The summed E-state index contributed by atoms with van der Waals surface area (Å²) in [6.45, 7) is 6.78. The Bertz CT molecular complexity index is 535. The molecule has 1 fully saturated rings. The number of ketones is 1. The number of thioether (sulfide) groups is 1. The molecule has 2 heterocycles. The molecule has 0 aromatic heterocycles. The summed E-state index contributed by atoms with van der Waals surface area (Å²) in [5.74, 6) is 0.546. The SMILES string of the molecule is CC(=O)OCC1=C(OCC(=O)C(C)(C)C)N2C(=O)C[C@@H]2SC1. The van der Waals surface area contributed by atoms with Crippen molar-refractivity contribution in [3.8, 4) is 0 Å². The number of hydrogen-bond acceptors (Lipinski definition) is 6. The number of amides is 1. The van der Waals surface area contributed by atoms with E-state index in [-0.39, 0.29) is 36.2 Å². The summed E-state index contributed by atoms with van der Waals surface area (Å²) in [6.07, 6.45) is 0.478. The van der Waals surface area contributed by atoms with E-state index in [4.69, 9.17) is 9.47 Å². The summed E-state index contributed by atoms with van der Waals surface area (Å²) in [5.41, 5.74) is 0.226. The number of carbonyl (C=O) groups is 3. The molecule has 0 radical (unpaired) electrons. The highest BCUT2D eigenvalue weighted by atomic mass is 32.2. The minimum Gasteiger partial charge on any atom is -0.471 e. The second-order valence-corrected chi connectivity index (χ2v) is 7.55. The monoisotopic (exact) mass is 327 g/mol. The lowest BCUT2D eigenvalue weighted by atomic mass is 9.91. The zero-order valence-corrected chi connectivity index (χ0v) is 14.1. The molecule has 2 rings (SSSR count). The molecular formula is C15H21NO5S. The van der Waals surface area contributed by atoms with E-state index in [0.717, 1.165) is 5.57 Å². The highest BCUT2D eigenvalue weighted by Gasteiger charge is 2.44. The Kier molecular flexibility index (Phi) is 4.84. The van der Waals surface area contributed by atoms with Gasteiger partial charge in [-0.05, 0) is 0 Å². The third-order valence-electron chi connectivity index (χ3n) is 3.50. The predicted octanol–water partition coefficient (Wildman–Crippen LogP) is 1.70. The van der Waals surface area contributed by atoms with E-state index < -0.39 is 5.41 Å². The van der Waals surface area contributed by atoms with E-state index in [2.05, 4.69) is 0 Å². The van der Waals surface area contributed by atoms with Crippen LogP contribution in [0.5, 0.6) is 0 Å². The maximum Gasteiger partial charge on any atom is 0.302 e. The maximum atomic E-state index is 12.0. The van der Waals surface area contributed by atoms with Gasteiger partial charge in [-0.1, -0.05) is 20.8 Å². The largest absolute Gasteiger partial charge is 0.471 e. The molecule has 0 aromatic rings. The van der Waals surface area contributed by atoms with Gasteiger partial charge in [0.2, 0.25) is 11.8 Å². The van der Waals surface area contributed by atoms with Crippen LogP contribution in [0.4, 0.5) is 0 Å². The van der Waals surface area contributed by atoms with E-state index in [0.29, 0.717) is 18.1 Å². The first kappa shape index (κ1) is 16.9. The summed E-state index contributed by atoms with van der Waals surface area (Å²) >= 11 is 1.61. The number of nitrogens with zero attached hydrogens (tertiary/aromatic N) is 1. The summed E-state index contributed by atoms with van der Waals surface area (Å²) < 4.78 is 10.7. The first-order valence-electron chi connectivity index (χ1n) is 7.15. The van der Waals surface area contributed by atoms with Crippen molar-refractivity contribution in [2.45, 2.75) is 39.5 Å². The lowest BCUT2D eigenvalue weighted by Crippen LogP contribution is -2.53. The Hall–Kier alpha value is -1.50. The van der Waals surface area contributed by atoms with Crippen LogP contribution in [0.1, 0.15) is 34.1 Å². The van der Waals surface area contributed by atoms with Crippen molar-refractivity contribution in [1.29, 1.82) is 0 Å². The summed E-state index contributed by atoms with van der Waals surface area (Å²) in [7, 11) is 0. The molecule has 0 N–H and O–H groups in total. The smallest absolute Gasteiger partial charge is 0.302 e. The Labute approximate surface area is 134 Å². The molecule has 1 amide bonds. The topological polar surface area (TPSA) is 72.9 Å². The van der Waals surface area contributed by atoms with Gasteiger partial charge in [0.25, 0.3) is 0 Å². The van der Waals surface area contributed by atoms with Gasteiger partial charge in [0.1, 0.15) is 13.2 Å². The van der Waals surface area contributed by atoms with Gasteiger partial charge in [-0.3, -0.25) is 19.3 Å². The highest BCUT2D eigenvalue weighted by Crippen LogP contribution is 2.40. The van der Waals surface area contributed by atoms with Crippen LogP contribution >= 0.6 is 11.8 Å². The minimum absolute atomic E-state index is 0.0317. The van der Waals surface area contributed by atoms with Crippen LogP contribution in [0.15, 0.2) is 11.5 Å². The molecule has 0 saturated carbocycles. The number of Topliss-reactive ketones (excluding diaryl/α,β-unsaturated/α-hetero) is 1. The minimum atomic E-state index is -0.502. The Morgan fingerprint density at radius 2 is 2.05 bits per heavy atom. The van der Waals surface area contributed by atoms with Crippen molar-refractivity contribution < 1.29 is 23.9 Å². The van der Waals surface area contributed by atoms with E-state index >= 15 is 0 Å². The second-order valence-electron chi connectivity index (χ2n) is 6.38. The summed E-state index contributed by atoms with van der Waals surface area (Å²) in [5, 5.41) is 0.0633. The van der Waals surface area contributed by atoms with Crippen LogP contribution in [0.2, 0.25) is 0 Å². The predicted molar refractivity (Wildman–Crippen MR) is 81.8 cm³/mol. The second kappa shape index (κ2) is 6.32. The zero-order chi connectivity index (χ0) is 16.5. The first-order valence-corrected chi connectivity index (χ1v) is 8.20. The molecule has 6 nitrogen and oxygen atoms in total. The van der Waals surface area contributed by atoms with Crippen LogP contribution in [0.25, 0.3) is 0 Å². The summed E-state index contributed by atoms with van der Waals surface area (Å²) in [6, 6.07) is 0. The average molecular weight is 327 g/mol. The third-order valence-corrected chi connectivity index (χ3v) is 4.78. The number of rotatable bonds is 5.